The number of aromatic nitrogens is 4. The van der Waals surface area contributed by atoms with Gasteiger partial charge in [-0.05, 0) is 35.8 Å². The van der Waals surface area contributed by atoms with Crippen molar-refractivity contribution in [2.24, 2.45) is 5.14 Å². The molecule has 0 amide bonds. The van der Waals surface area contributed by atoms with Crippen molar-refractivity contribution >= 4 is 32.8 Å². The molecule has 2 atom stereocenters. The molecule has 0 bridgehead atoms. The van der Waals surface area contributed by atoms with Crippen LogP contribution in [0.2, 0.25) is 0 Å². The quantitative estimate of drug-likeness (QED) is 0.275. The largest absolute Gasteiger partial charge is 0.336 e. The summed E-state index contributed by atoms with van der Waals surface area (Å²) in [6.07, 6.45) is 4.84. The maximum absolute atomic E-state index is 14.4. The van der Waals surface area contributed by atoms with Crippen LogP contribution in [0.25, 0.3) is 11.2 Å². The topological polar surface area (TPSA) is 133 Å². The number of imidazole rings is 1. The summed E-state index contributed by atoms with van der Waals surface area (Å²) in [6, 6.07) is 12.5. The Bertz CT molecular complexity index is 1950. The van der Waals surface area contributed by atoms with E-state index in [-0.39, 0.29) is 29.7 Å². The van der Waals surface area contributed by atoms with E-state index in [4.69, 9.17) is 16.7 Å². The molecule has 0 aliphatic heterocycles. The van der Waals surface area contributed by atoms with Gasteiger partial charge >= 0.3 is 5.69 Å². The van der Waals surface area contributed by atoms with Gasteiger partial charge in [0.15, 0.2) is 5.65 Å². The third-order valence-electron chi connectivity index (χ3n) is 7.25. The SMILES string of the molecule is CCCCn1c(=O)n(Cc2ccccc2F)c(=O)c2[nH]c(Cc3ccc(C4(Cl)C=C(F)C=CC4S(N)(=O)=O)cc3)nc21. The third kappa shape index (κ3) is 5.61. The van der Waals surface area contributed by atoms with Gasteiger partial charge in [0.2, 0.25) is 10.0 Å². The molecule has 0 spiro atoms. The summed E-state index contributed by atoms with van der Waals surface area (Å²) in [5, 5.41) is 3.99. The number of fused-ring (bicyclic) bond motifs is 1. The zero-order chi connectivity index (χ0) is 30.2. The van der Waals surface area contributed by atoms with Crippen LogP contribution in [0.5, 0.6) is 0 Å². The van der Waals surface area contributed by atoms with Crippen molar-refractivity contribution in [2.75, 3.05) is 0 Å². The number of H-pyrrole nitrogens is 1. The highest BCUT2D eigenvalue weighted by Crippen LogP contribution is 2.42. The number of nitrogens with one attached hydrogen (secondary N) is 1. The molecule has 1 aliphatic rings. The second kappa shape index (κ2) is 11.4. The van der Waals surface area contributed by atoms with Gasteiger partial charge in [0.25, 0.3) is 5.56 Å². The lowest BCUT2D eigenvalue weighted by Gasteiger charge is -2.32. The Balaban J connectivity index is 1.51. The second-order valence-electron chi connectivity index (χ2n) is 10.2. The lowest BCUT2D eigenvalue weighted by Crippen LogP contribution is -2.42. The molecule has 2 unspecified atom stereocenters. The van der Waals surface area contributed by atoms with E-state index in [1.54, 1.807) is 30.3 Å². The van der Waals surface area contributed by atoms with Gasteiger partial charge in [0, 0.05) is 18.5 Å². The highest BCUT2D eigenvalue weighted by Gasteiger charge is 2.44. The number of aryl methyl sites for hydroxylation is 1. The zero-order valence-electron chi connectivity index (χ0n) is 22.6. The molecular weight excluding hydrogens is 588 g/mol. The predicted octanol–water partition coefficient (Wildman–Crippen LogP) is 3.98. The monoisotopic (exact) mass is 615 g/mol. The Morgan fingerprint density at radius 2 is 1.81 bits per heavy atom. The molecule has 0 saturated carbocycles. The van der Waals surface area contributed by atoms with Crippen LogP contribution < -0.4 is 16.4 Å². The molecule has 13 heteroatoms. The number of halogens is 3. The fourth-order valence-electron chi connectivity index (χ4n) is 5.07. The maximum atomic E-state index is 14.4. The van der Waals surface area contributed by atoms with Gasteiger partial charge in [-0.3, -0.25) is 13.9 Å². The van der Waals surface area contributed by atoms with Gasteiger partial charge < -0.3 is 4.98 Å². The van der Waals surface area contributed by atoms with Crippen LogP contribution in [-0.2, 0) is 34.4 Å². The number of alkyl halides is 1. The Morgan fingerprint density at radius 1 is 1.10 bits per heavy atom. The van der Waals surface area contributed by atoms with E-state index in [1.165, 1.54) is 22.8 Å². The first kappa shape index (κ1) is 29.6. The lowest BCUT2D eigenvalue weighted by atomic mass is 9.90. The Hall–Kier alpha value is -3.87. The number of benzene rings is 2. The van der Waals surface area contributed by atoms with E-state index in [2.05, 4.69) is 9.97 Å². The molecule has 0 saturated heterocycles. The van der Waals surface area contributed by atoms with Crippen molar-refractivity contribution < 1.29 is 17.2 Å². The molecule has 1 aliphatic carbocycles. The number of sulfonamides is 1. The highest BCUT2D eigenvalue weighted by atomic mass is 35.5. The highest BCUT2D eigenvalue weighted by molar-refractivity contribution is 7.90. The van der Waals surface area contributed by atoms with E-state index in [1.807, 2.05) is 6.92 Å². The molecule has 5 rings (SSSR count). The molecular formula is C29H28ClF2N5O4S. The molecule has 220 valence electrons. The summed E-state index contributed by atoms with van der Waals surface area (Å²) in [5.41, 5.74) is 0.389. The van der Waals surface area contributed by atoms with Crippen LogP contribution in [0.4, 0.5) is 8.78 Å². The number of hydrogen-bond donors (Lipinski definition) is 2. The maximum Gasteiger partial charge on any atom is 0.333 e. The van der Waals surface area contributed by atoms with Crippen LogP contribution in [0.1, 0.15) is 42.3 Å². The molecule has 2 heterocycles. The molecule has 9 nitrogen and oxygen atoms in total. The smallest absolute Gasteiger partial charge is 0.333 e. The minimum absolute atomic E-state index is 0.124. The minimum atomic E-state index is -4.15. The standard InChI is InChI=1S/C29H28ClF2N5O4S/c1-2-3-14-36-26-25(27(38)37(28(36)39)17-19-6-4-5-7-22(19)32)34-24(35-26)15-18-8-10-20(11-9-18)29(30)16-21(31)12-13-23(29)42(33,40)41/h4-13,16,23H,2-3,14-15,17H2,1H3,(H,34,35)(H2,33,40,41). The fourth-order valence-corrected chi connectivity index (χ4v) is 6.73. The van der Waals surface area contributed by atoms with Crippen molar-refractivity contribution in [3.05, 3.63) is 122 Å². The van der Waals surface area contributed by atoms with Crippen LogP contribution in [0, 0.1) is 5.82 Å². The number of hydrogen-bond acceptors (Lipinski definition) is 5. The lowest BCUT2D eigenvalue weighted by molar-refractivity contribution is 0.553. The van der Waals surface area contributed by atoms with Crippen molar-refractivity contribution in [3.8, 4) is 0 Å². The minimum Gasteiger partial charge on any atom is -0.336 e. The number of allylic oxidation sites excluding steroid dienone is 3. The first-order valence-electron chi connectivity index (χ1n) is 13.2. The number of nitrogens with zero attached hydrogens (tertiary/aromatic N) is 3. The summed E-state index contributed by atoms with van der Waals surface area (Å²) < 4.78 is 55.2. The molecule has 0 fully saturated rings. The molecule has 42 heavy (non-hydrogen) atoms. The van der Waals surface area contributed by atoms with E-state index in [0.717, 1.165) is 34.8 Å². The van der Waals surface area contributed by atoms with Crippen LogP contribution in [0.3, 0.4) is 0 Å². The number of rotatable bonds is 9. The van der Waals surface area contributed by atoms with E-state index in [9.17, 15) is 26.8 Å². The van der Waals surface area contributed by atoms with Crippen molar-refractivity contribution in [1.82, 2.24) is 19.1 Å². The van der Waals surface area contributed by atoms with E-state index < -0.39 is 43.0 Å². The number of primary sulfonamides is 1. The van der Waals surface area contributed by atoms with E-state index >= 15 is 0 Å². The van der Waals surface area contributed by atoms with Crippen molar-refractivity contribution in [1.29, 1.82) is 0 Å². The number of unbranched alkanes of at least 4 members (excludes halogenated alkanes) is 1. The van der Waals surface area contributed by atoms with Gasteiger partial charge in [0.1, 0.15) is 33.1 Å². The van der Waals surface area contributed by atoms with Gasteiger partial charge in [-0.25, -0.2) is 32.1 Å². The fraction of sp³-hybridized carbons (Fsp3) is 0.276. The summed E-state index contributed by atoms with van der Waals surface area (Å²) in [5.74, 6) is -0.807. The van der Waals surface area contributed by atoms with Crippen molar-refractivity contribution in [2.45, 2.75) is 49.4 Å². The van der Waals surface area contributed by atoms with Gasteiger partial charge in [0.05, 0.1) is 6.54 Å². The first-order valence-corrected chi connectivity index (χ1v) is 15.2. The normalized spacial score (nSPS) is 18.9. The van der Waals surface area contributed by atoms with Crippen LogP contribution >= 0.6 is 11.6 Å². The number of aromatic amines is 1. The molecule has 2 aromatic heterocycles. The molecule has 0 radical (unpaired) electrons. The Morgan fingerprint density at radius 3 is 2.48 bits per heavy atom. The summed E-state index contributed by atoms with van der Waals surface area (Å²) >= 11 is 6.65. The molecule has 4 aromatic rings. The average molecular weight is 616 g/mol. The molecule has 2 aromatic carbocycles. The average Bonchev–Trinajstić information content (AvgIpc) is 3.35. The van der Waals surface area contributed by atoms with Crippen LogP contribution in [0.15, 0.2) is 82.2 Å². The predicted molar refractivity (Wildman–Crippen MR) is 157 cm³/mol. The van der Waals surface area contributed by atoms with Gasteiger partial charge in [-0.15, -0.1) is 11.6 Å². The summed E-state index contributed by atoms with van der Waals surface area (Å²) in [6.45, 7) is 2.07. The van der Waals surface area contributed by atoms with E-state index in [0.29, 0.717) is 24.4 Å². The summed E-state index contributed by atoms with van der Waals surface area (Å²) in [4.78, 5) is 32.6. The Labute approximate surface area is 245 Å². The second-order valence-corrected chi connectivity index (χ2v) is 12.5. The van der Waals surface area contributed by atoms with Gasteiger partial charge in [-0.1, -0.05) is 61.9 Å². The summed E-state index contributed by atoms with van der Waals surface area (Å²) in [7, 11) is -4.15. The molecule has 3 N–H and O–H groups in total. The first-order chi connectivity index (χ1) is 19.9. The van der Waals surface area contributed by atoms with Crippen molar-refractivity contribution in [3.63, 3.8) is 0 Å². The third-order valence-corrected chi connectivity index (χ3v) is 9.17. The van der Waals surface area contributed by atoms with Crippen LogP contribution in [-0.4, -0.2) is 32.8 Å². The number of nitrogens with two attached hydrogens (primary N) is 1. The zero-order valence-corrected chi connectivity index (χ0v) is 24.1. The Kier molecular flexibility index (Phi) is 8.06. The van der Waals surface area contributed by atoms with Gasteiger partial charge in [-0.2, -0.15) is 0 Å².